The third-order valence-electron chi connectivity index (χ3n) is 3.56. The van der Waals surface area contributed by atoms with Gasteiger partial charge in [-0.2, -0.15) is 0 Å². The van der Waals surface area contributed by atoms with Crippen LogP contribution in [0.2, 0.25) is 0 Å². The highest BCUT2D eigenvalue weighted by molar-refractivity contribution is 5.83. The minimum atomic E-state index is -0.356. The van der Waals surface area contributed by atoms with Crippen molar-refractivity contribution in [1.82, 2.24) is 9.80 Å². The molecule has 78 valence electrons. The minimum absolute atomic E-state index is 0.146. The standard InChI is InChI=1S/C10H16N2O2/c1-10(6-5-8(13)11(10)2)12-7-3-4-9(12)14/h3-7H2,1-2H3. The zero-order valence-electron chi connectivity index (χ0n) is 8.75. The number of rotatable bonds is 1. The van der Waals surface area contributed by atoms with Gasteiger partial charge in [0.05, 0.1) is 0 Å². The quantitative estimate of drug-likeness (QED) is 0.615. The van der Waals surface area contributed by atoms with Crippen molar-refractivity contribution in [3.63, 3.8) is 0 Å². The summed E-state index contributed by atoms with van der Waals surface area (Å²) >= 11 is 0. The van der Waals surface area contributed by atoms with Crippen LogP contribution in [0.25, 0.3) is 0 Å². The predicted octanol–water partition coefficient (Wildman–Crippen LogP) is 0.577. The lowest BCUT2D eigenvalue weighted by atomic mass is 10.1. The Labute approximate surface area is 83.9 Å². The lowest BCUT2D eigenvalue weighted by molar-refractivity contribution is -0.143. The van der Waals surface area contributed by atoms with Crippen molar-refractivity contribution in [2.45, 2.75) is 38.3 Å². The van der Waals surface area contributed by atoms with Crippen LogP contribution in [0.5, 0.6) is 0 Å². The summed E-state index contributed by atoms with van der Waals surface area (Å²) in [5.41, 5.74) is -0.356. The topological polar surface area (TPSA) is 40.6 Å². The summed E-state index contributed by atoms with van der Waals surface area (Å²) in [4.78, 5) is 26.6. The molecule has 2 saturated heterocycles. The van der Waals surface area contributed by atoms with Crippen molar-refractivity contribution < 1.29 is 9.59 Å². The number of nitrogens with zero attached hydrogens (tertiary/aromatic N) is 2. The summed E-state index contributed by atoms with van der Waals surface area (Å²) < 4.78 is 0. The number of amides is 2. The van der Waals surface area contributed by atoms with Gasteiger partial charge in [-0.25, -0.2) is 0 Å². The maximum absolute atomic E-state index is 11.6. The molecule has 1 atom stereocenters. The summed E-state index contributed by atoms with van der Waals surface area (Å²) in [6.45, 7) is 2.79. The van der Waals surface area contributed by atoms with E-state index in [4.69, 9.17) is 0 Å². The van der Waals surface area contributed by atoms with Gasteiger partial charge in [0.15, 0.2) is 0 Å². The summed E-state index contributed by atoms with van der Waals surface area (Å²) in [5.74, 6) is 0.334. The first-order valence-electron chi connectivity index (χ1n) is 5.13. The normalized spacial score (nSPS) is 33.3. The Bertz CT molecular complexity index is 290. The Hall–Kier alpha value is -1.06. The van der Waals surface area contributed by atoms with Crippen molar-refractivity contribution in [3.8, 4) is 0 Å². The van der Waals surface area contributed by atoms with Crippen LogP contribution < -0.4 is 0 Å². The monoisotopic (exact) mass is 196 g/mol. The van der Waals surface area contributed by atoms with Gasteiger partial charge in [-0.1, -0.05) is 0 Å². The van der Waals surface area contributed by atoms with Gasteiger partial charge in [0.25, 0.3) is 0 Å². The molecule has 2 heterocycles. The van der Waals surface area contributed by atoms with Gasteiger partial charge in [0, 0.05) is 26.4 Å². The molecule has 0 radical (unpaired) electrons. The third-order valence-corrected chi connectivity index (χ3v) is 3.56. The molecule has 0 bridgehead atoms. The van der Waals surface area contributed by atoms with Crippen molar-refractivity contribution >= 4 is 11.8 Å². The molecule has 2 aliphatic rings. The molecule has 2 rings (SSSR count). The first-order chi connectivity index (χ1) is 6.55. The molecule has 0 aromatic carbocycles. The van der Waals surface area contributed by atoms with Crippen LogP contribution in [0.4, 0.5) is 0 Å². The molecule has 2 fully saturated rings. The van der Waals surface area contributed by atoms with Gasteiger partial charge in [-0.15, -0.1) is 0 Å². The Kier molecular flexibility index (Phi) is 2.01. The average Bonchev–Trinajstić information content (AvgIpc) is 2.67. The zero-order chi connectivity index (χ0) is 10.3. The molecule has 0 aliphatic carbocycles. The second-order valence-electron chi connectivity index (χ2n) is 4.32. The van der Waals surface area contributed by atoms with E-state index in [1.165, 1.54) is 0 Å². The fourth-order valence-corrected chi connectivity index (χ4v) is 2.42. The molecule has 4 nitrogen and oxygen atoms in total. The van der Waals surface area contributed by atoms with Gasteiger partial charge >= 0.3 is 0 Å². The van der Waals surface area contributed by atoms with E-state index in [1.54, 1.807) is 11.9 Å². The smallest absolute Gasteiger partial charge is 0.224 e. The highest BCUT2D eigenvalue weighted by Crippen LogP contribution is 2.34. The molecular weight excluding hydrogens is 180 g/mol. The van der Waals surface area contributed by atoms with E-state index in [9.17, 15) is 9.59 Å². The SMILES string of the molecule is CN1C(=O)CCC1(C)N1CCCC1=O. The molecule has 0 aromatic heterocycles. The Morgan fingerprint density at radius 2 is 1.93 bits per heavy atom. The Morgan fingerprint density at radius 3 is 2.36 bits per heavy atom. The lowest BCUT2D eigenvalue weighted by Gasteiger charge is -2.40. The molecular formula is C10H16N2O2. The molecule has 4 heteroatoms. The van der Waals surface area contributed by atoms with Crippen molar-refractivity contribution in [3.05, 3.63) is 0 Å². The van der Waals surface area contributed by atoms with Gasteiger partial charge < -0.3 is 9.80 Å². The summed E-state index contributed by atoms with van der Waals surface area (Å²) in [7, 11) is 1.79. The molecule has 0 aromatic rings. The van der Waals surface area contributed by atoms with Crippen LogP contribution in [-0.2, 0) is 9.59 Å². The van der Waals surface area contributed by atoms with Gasteiger partial charge in [-0.05, 0) is 19.8 Å². The summed E-state index contributed by atoms with van der Waals surface area (Å²) in [5, 5.41) is 0. The number of hydrogen-bond donors (Lipinski definition) is 0. The largest absolute Gasteiger partial charge is 0.323 e. The first kappa shape index (κ1) is 9.49. The van der Waals surface area contributed by atoms with E-state index < -0.39 is 0 Å². The van der Waals surface area contributed by atoms with Gasteiger partial charge in [0.1, 0.15) is 5.66 Å². The zero-order valence-corrected chi connectivity index (χ0v) is 8.75. The number of carbonyl (C=O) groups is 2. The third kappa shape index (κ3) is 1.13. The van der Waals surface area contributed by atoms with E-state index in [1.807, 2.05) is 11.8 Å². The summed E-state index contributed by atoms with van der Waals surface area (Å²) in [6, 6.07) is 0. The molecule has 14 heavy (non-hydrogen) atoms. The molecule has 0 N–H and O–H groups in total. The van der Waals surface area contributed by atoms with Gasteiger partial charge in [-0.3, -0.25) is 9.59 Å². The Morgan fingerprint density at radius 1 is 1.21 bits per heavy atom. The lowest BCUT2D eigenvalue weighted by Crippen LogP contribution is -2.55. The van der Waals surface area contributed by atoms with Crippen molar-refractivity contribution in [2.24, 2.45) is 0 Å². The Balaban J connectivity index is 2.23. The van der Waals surface area contributed by atoms with E-state index >= 15 is 0 Å². The first-order valence-corrected chi connectivity index (χ1v) is 5.13. The predicted molar refractivity (Wildman–Crippen MR) is 51.4 cm³/mol. The van der Waals surface area contributed by atoms with Crippen LogP contribution in [-0.4, -0.2) is 40.9 Å². The molecule has 1 unspecified atom stereocenters. The molecule has 0 spiro atoms. The second-order valence-corrected chi connectivity index (χ2v) is 4.32. The van der Waals surface area contributed by atoms with Crippen LogP contribution in [0.15, 0.2) is 0 Å². The van der Waals surface area contributed by atoms with Crippen molar-refractivity contribution in [2.75, 3.05) is 13.6 Å². The number of hydrogen-bond acceptors (Lipinski definition) is 2. The fraction of sp³-hybridized carbons (Fsp3) is 0.800. The van der Waals surface area contributed by atoms with Crippen molar-refractivity contribution in [1.29, 1.82) is 0 Å². The summed E-state index contributed by atoms with van der Waals surface area (Å²) in [6.07, 6.45) is 2.90. The molecule has 0 saturated carbocycles. The van der Waals surface area contributed by atoms with Gasteiger partial charge in [0.2, 0.25) is 11.8 Å². The van der Waals surface area contributed by atoms with Crippen LogP contribution in [0, 0.1) is 0 Å². The van der Waals surface area contributed by atoms with Crippen LogP contribution in [0.3, 0.4) is 0 Å². The van der Waals surface area contributed by atoms with Crippen LogP contribution in [0.1, 0.15) is 32.6 Å². The maximum Gasteiger partial charge on any atom is 0.224 e. The highest BCUT2D eigenvalue weighted by Gasteiger charge is 2.46. The van der Waals surface area contributed by atoms with Crippen LogP contribution >= 0.6 is 0 Å². The van der Waals surface area contributed by atoms with E-state index in [0.29, 0.717) is 12.8 Å². The molecule has 2 amide bonds. The molecule has 2 aliphatic heterocycles. The average molecular weight is 196 g/mol. The number of likely N-dealkylation sites (tertiary alicyclic amines) is 2. The second kappa shape index (κ2) is 2.97. The number of carbonyl (C=O) groups excluding carboxylic acids is 2. The van der Waals surface area contributed by atoms with E-state index in [2.05, 4.69) is 0 Å². The highest BCUT2D eigenvalue weighted by atomic mass is 16.2. The van der Waals surface area contributed by atoms with E-state index in [-0.39, 0.29) is 17.5 Å². The fourth-order valence-electron chi connectivity index (χ4n) is 2.42. The van der Waals surface area contributed by atoms with E-state index in [0.717, 1.165) is 19.4 Å². The maximum atomic E-state index is 11.6. The minimum Gasteiger partial charge on any atom is -0.323 e.